The van der Waals surface area contributed by atoms with Gasteiger partial charge in [0, 0.05) is 12.5 Å². The Balaban J connectivity index is 1.35. The van der Waals surface area contributed by atoms with Gasteiger partial charge in [0.2, 0.25) is 0 Å². The molecule has 246 valence electrons. The van der Waals surface area contributed by atoms with E-state index >= 15 is 0 Å². The summed E-state index contributed by atoms with van der Waals surface area (Å²) in [6.07, 6.45) is 1.50. The minimum Gasteiger partial charge on any atom is -0.491 e. The van der Waals surface area contributed by atoms with Crippen LogP contribution in [0, 0.1) is 5.92 Å². The molecule has 0 N–H and O–H groups in total. The Morgan fingerprint density at radius 1 is 0.521 bits per heavy atom. The van der Waals surface area contributed by atoms with Gasteiger partial charge in [0.15, 0.2) is 0 Å². The zero-order valence-corrected chi connectivity index (χ0v) is 29.2. The van der Waals surface area contributed by atoms with Gasteiger partial charge in [-0.05, 0) is 38.2 Å². The van der Waals surface area contributed by atoms with Crippen molar-refractivity contribution in [3.05, 3.63) is 180 Å². The van der Waals surface area contributed by atoms with E-state index in [2.05, 4.69) is 124 Å². The zero-order valence-electron chi connectivity index (χ0n) is 28.2. The first-order valence-electron chi connectivity index (χ1n) is 16.9. The molecule has 5 aromatic rings. The normalized spacial score (nSPS) is 18.0. The molecule has 0 heterocycles. The third-order valence-corrected chi connectivity index (χ3v) is 14.1. The van der Waals surface area contributed by atoms with Crippen LogP contribution in [0.3, 0.4) is 0 Å². The molecule has 6 rings (SSSR count). The first-order valence-corrected chi connectivity index (χ1v) is 18.8. The third-order valence-electron chi connectivity index (χ3n) is 9.09. The highest BCUT2D eigenvalue weighted by Gasteiger charge is 2.51. The van der Waals surface area contributed by atoms with E-state index in [0.717, 1.165) is 22.4 Å². The van der Waals surface area contributed by atoms with Gasteiger partial charge in [-0.25, -0.2) is 0 Å². The van der Waals surface area contributed by atoms with Gasteiger partial charge in [-0.3, -0.25) is 0 Å². The summed E-state index contributed by atoms with van der Waals surface area (Å²) < 4.78 is 27.6. The maximum Gasteiger partial charge on any atom is 0.261 e. The van der Waals surface area contributed by atoms with Gasteiger partial charge in [0.25, 0.3) is 8.32 Å². The molecule has 0 radical (unpaired) electrons. The molecule has 0 unspecified atom stereocenters. The molecule has 0 saturated carbocycles. The lowest BCUT2D eigenvalue weighted by Gasteiger charge is -2.43. The topological polar surface area (TPSA) is 36.9 Å². The highest BCUT2D eigenvalue weighted by molar-refractivity contribution is 6.99. The molecule has 0 aromatic heterocycles. The SMILES string of the molecule is CC(C)(C)[Si](OC[C@H]1C=C(OCc2ccccc2)[C@@H](OCc2ccccc2)[C@@H]1OCc1ccccc1)(c1ccccc1)c1ccccc1. The third kappa shape index (κ3) is 7.88. The molecule has 0 spiro atoms. The summed E-state index contributed by atoms with van der Waals surface area (Å²) in [6.45, 7) is 8.77. The summed E-state index contributed by atoms with van der Waals surface area (Å²) in [5, 5.41) is 2.36. The van der Waals surface area contributed by atoms with E-state index in [0.29, 0.717) is 26.4 Å². The van der Waals surface area contributed by atoms with Crippen LogP contribution in [0.4, 0.5) is 0 Å². The summed E-state index contributed by atoms with van der Waals surface area (Å²) in [4.78, 5) is 0. The second-order valence-electron chi connectivity index (χ2n) is 13.5. The molecule has 3 atom stereocenters. The van der Waals surface area contributed by atoms with Crippen LogP contribution in [0.5, 0.6) is 0 Å². The Labute approximate surface area is 287 Å². The van der Waals surface area contributed by atoms with Crippen LogP contribution in [-0.4, -0.2) is 27.1 Å². The van der Waals surface area contributed by atoms with Crippen LogP contribution >= 0.6 is 0 Å². The molecule has 0 bridgehead atoms. The second kappa shape index (κ2) is 15.8. The van der Waals surface area contributed by atoms with E-state index in [1.54, 1.807) is 0 Å². The van der Waals surface area contributed by atoms with Crippen molar-refractivity contribution in [2.75, 3.05) is 6.61 Å². The minimum absolute atomic E-state index is 0.0955. The molecule has 48 heavy (non-hydrogen) atoms. The number of hydrogen-bond acceptors (Lipinski definition) is 4. The fraction of sp³-hybridized carbons (Fsp3) is 0.256. The zero-order chi connectivity index (χ0) is 33.2. The molecule has 0 saturated heterocycles. The Hall–Kier alpha value is -4.26. The van der Waals surface area contributed by atoms with Gasteiger partial charge in [0.1, 0.15) is 18.5 Å². The second-order valence-corrected chi connectivity index (χ2v) is 17.8. The predicted molar refractivity (Wildman–Crippen MR) is 196 cm³/mol. The van der Waals surface area contributed by atoms with Crippen molar-refractivity contribution in [3.8, 4) is 0 Å². The van der Waals surface area contributed by atoms with Crippen molar-refractivity contribution in [1.82, 2.24) is 0 Å². The average Bonchev–Trinajstić information content (AvgIpc) is 3.46. The standard InChI is InChI=1S/C43H46O4Si/c1-43(2,3)48(38-25-15-7-16-26-38,39-27-17-8-18-28-39)47-33-37-29-40(44-30-34-19-9-4-10-20-34)42(46-32-36-23-13-6-14-24-36)41(37)45-31-35-21-11-5-12-22-35/h4-29,37,41-42H,30-33H2,1-3H3/t37-,41-,42-/m1/s1. The van der Waals surface area contributed by atoms with Gasteiger partial charge in [0.05, 0.1) is 19.3 Å². The van der Waals surface area contributed by atoms with Crippen molar-refractivity contribution in [3.63, 3.8) is 0 Å². The van der Waals surface area contributed by atoms with Crippen LogP contribution in [-0.2, 0) is 38.5 Å². The Morgan fingerprint density at radius 2 is 0.938 bits per heavy atom. The van der Waals surface area contributed by atoms with E-state index in [-0.39, 0.29) is 17.1 Å². The summed E-state index contributed by atoms with van der Waals surface area (Å²) >= 11 is 0. The maximum absolute atomic E-state index is 7.46. The van der Waals surface area contributed by atoms with Crippen LogP contribution in [0.15, 0.2) is 163 Å². The minimum atomic E-state index is -2.79. The van der Waals surface area contributed by atoms with E-state index < -0.39 is 14.4 Å². The summed E-state index contributed by atoms with van der Waals surface area (Å²) in [7, 11) is -2.79. The van der Waals surface area contributed by atoms with Gasteiger partial charge in [-0.15, -0.1) is 0 Å². The van der Waals surface area contributed by atoms with Gasteiger partial charge in [-0.2, -0.15) is 0 Å². The van der Waals surface area contributed by atoms with Crippen LogP contribution in [0.2, 0.25) is 5.04 Å². The lowest BCUT2D eigenvalue weighted by atomic mass is 10.1. The van der Waals surface area contributed by atoms with Gasteiger partial charge >= 0.3 is 0 Å². The summed E-state index contributed by atoms with van der Waals surface area (Å²) in [6, 6.07) is 52.5. The molecule has 0 amide bonds. The fourth-order valence-electron chi connectivity index (χ4n) is 6.70. The van der Waals surface area contributed by atoms with Gasteiger partial charge in [-0.1, -0.05) is 172 Å². The summed E-state index contributed by atoms with van der Waals surface area (Å²) in [5.74, 6) is 0.700. The van der Waals surface area contributed by atoms with Gasteiger partial charge < -0.3 is 18.6 Å². The Kier molecular flexibility index (Phi) is 11.0. The lowest BCUT2D eigenvalue weighted by molar-refractivity contribution is -0.0965. The fourth-order valence-corrected chi connectivity index (χ4v) is 11.3. The van der Waals surface area contributed by atoms with E-state index in [4.69, 9.17) is 18.6 Å². The quantitative estimate of drug-likeness (QED) is 0.113. The average molecular weight is 655 g/mol. The monoisotopic (exact) mass is 654 g/mol. The number of benzene rings is 5. The molecule has 5 heteroatoms. The summed E-state index contributed by atoms with van der Waals surface area (Å²) in [5.41, 5.74) is 3.33. The molecular weight excluding hydrogens is 609 g/mol. The first-order chi connectivity index (χ1) is 23.4. The van der Waals surface area contributed by atoms with Crippen molar-refractivity contribution >= 4 is 18.7 Å². The molecule has 5 aromatic carbocycles. The number of hydrogen-bond donors (Lipinski definition) is 0. The van der Waals surface area contributed by atoms with Crippen molar-refractivity contribution in [1.29, 1.82) is 0 Å². The molecule has 1 aliphatic carbocycles. The maximum atomic E-state index is 7.46. The highest BCUT2D eigenvalue weighted by atomic mass is 28.4. The Morgan fingerprint density at radius 3 is 1.40 bits per heavy atom. The van der Waals surface area contributed by atoms with Crippen LogP contribution in [0.1, 0.15) is 37.5 Å². The molecule has 0 fully saturated rings. The Bertz CT molecular complexity index is 1670. The lowest BCUT2D eigenvalue weighted by Crippen LogP contribution is -2.67. The van der Waals surface area contributed by atoms with Crippen LogP contribution in [0.25, 0.3) is 0 Å². The van der Waals surface area contributed by atoms with Crippen molar-refractivity contribution in [2.45, 2.75) is 57.8 Å². The smallest absolute Gasteiger partial charge is 0.261 e. The largest absolute Gasteiger partial charge is 0.491 e. The van der Waals surface area contributed by atoms with E-state index in [9.17, 15) is 0 Å². The van der Waals surface area contributed by atoms with E-state index in [1.165, 1.54) is 10.4 Å². The van der Waals surface area contributed by atoms with Crippen molar-refractivity contribution in [2.24, 2.45) is 5.92 Å². The van der Waals surface area contributed by atoms with E-state index in [1.807, 2.05) is 54.6 Å². The molecule has 0 aliphatic heterocycles. The predicted octanol–water partition coefficient (Wildman–Crippen LogP) is 8.46. The number of rotatable bonds is 14. The number of ether oxygens (including phenoxy) is 3. The first kappa shape index (κ1) is 33.6. The molecular formula is C43H46O4Si. The van der Waals surface area contributed by atoms with Crippen molar-refractivity contribution < 1.29 is 18.6 Å². The van der Waals surface area contributed by atoms with Crippen LogP contribution < -0.4 is 10.4 Å². The molecule has 4 nitrogen and oxygen atoms in total. The highest BCUT2D eigenvalue weighted by Crippen LogP contribution is 2.39. The molecule has 1 aliphatic rings.